The third-order valence-corrected chi connectivity index (χ3v) is 76.1. The van der Waals surface area contributed by atoms with E-state index in [9.17, 15) is 17.0 Å². The van der Waals surface area contributed by atoms with Gasteiger partial charge in [0.05, 0.1) is 0 Å². The van der Waals surface area contributed by atoms with Gasteiger partial charge in [0, 0.05) is 0 Å². The van der Waals surface area contributed by atoms with Gasteiger partial charge in [-0.2, -0.15) is 0 Å². The summed E-state index contributed by atoms with van der Waals surface area (Å²) in [6.07, 6.45) is 25.3. The normalized spacial score (nSPS) is 33.5. The number of hydrogen-bond acceptors (Lipinski definition) is 0. The molecule has 6 heteroatoms. The topological polar surface area (TPSA) is 0 Å². The van der Waals surface area contributed by atoms with Crippen LogP contribution in [-0.4, -0.2) is 22.1 Å². The van der Waals surface area contributed by atoms with E-state index < -0.39 is 37.6 Å². The average molecular weight is 1040 g/mol. The molecular formula is C60H77Cl2Si3Zr. The Labute approximate surface area is 410 Å². The summed E-state index contributed by atoms with van der Waals surface area (Å²) in [5, 5.41) is 3.06. The van der Waals surface area contributed by atoms with Crippen LogP contribution < -0.4 is 10.4 Å². The van der Waals surface area contributed by atoms with Gasteiger partial charge in [0.25, 0.3) is 0 Å². The third kappa shape index (κ3) is 7.41. The van der Waals surface area contributed by atoms with Crippen LogP contribution in [0.1, 0.15) is 119 Å². The summed E-state index contributed by atoms with van der Waals surface area (Å²) in [5.41, 5.74) is 15.4. The van der Waals surface area contributed by atoms with Gasteiger partial charge in [-0.05, 0) is 0 Å². The molecule has 347 valence electrons. The molecule has 8 fully saturated rings. The zero-order valence-corrected chi connectivity index (χ0v) is 48.7. The Balaban J connectivity index is 1.04. The van der Waals surface area contributed by atoms with Crippen molar-refractivity contribution >= 4 is 61.6 Å². The summed E-state index contributed by atoms with van der Waals surface area (Å²) < 4.78 is 0.280. The number of halogens is 2. The second-order valence-corrected chi connectivity index (χ2v) is 79.8. The van der Waals surface area contributed by atoms with E-state index in [1.54, 1.807) is 11.1 Å². The van der Waals surface area contributed by atoms with Crippen molar-refractivity contribution in [3.8, 4) is 22.3 Å². The minimum absolute atomic E-state index is 0.140. The summed E-state index contributed by atoms with van der Waals surface area (Å²) in [6.45, 7) is 20.0. The zero-order valence-electron chi connectivity index (χ0n) is 41.6. The fraction of sp³-hybridized carbons (Fsp3) is 0.533. The van der Waals surface area contributed by atoms with Gasteiger partial charge in [0.2, 0.25) is 0 Å². The summed E-state index contributed by atoms with van der Waals surface area (Å²) in [5.74, 6) is 3.76. The van der Waals surface area contributed by atoms with E-state index in [0.717, 1.165) is 35.5 Å². The molecule has 0 radical (unpaired) electrons. The van der Waals surface area contributed by atoms with Gasteiger partial charge in [-0.3, -0.25) is 0 Å². The monoisotopic (exact) mass is 1040 g/mol. The summed E-state index contributed by atoms with van der Waals surface area (Å²) in [7, 11) is 16.0. The van der Waals surface area contributed by atoms with Crippen LogP contribution in [0, 0.1) is 46.3 Å². The van der Waals surface area contributed by atoms with E-state index in [4.69, 9.17) is 0 Å². The maximum atomic E-state index is 9.46. The van der Waals surface area contributed by atoms with Gasteiger partial charge in [-0.15, -0.1) is 0 Å². The molecule has 0 amide bonds. The van der Waals surface area contributed by atoms with E-state index in [0.29, 0.717) is 10.8 Å². The molecule has 4 aromatic carbocycles. The molecule has 10 aliphatic carbocycles. The van der Waals surface area contributed by atoms with Crippen LogP contribution in [0.25, 0.3) is 34.4 Å². The van der Waals surface area contributed by atoms with Crippen LogP contribution in [0.15, 0.2) is 96.1 Å². The first-order valence-corrected chi connectivity index (χ1v) is 50.0. The zero-order chi connectivity index (χ0) is 45.8. The van der Waals surface area contributed by atoms with Gasteiger partial charge in [-0.1, -0.05) is 0 Å². The van der Waals surface area contributed by atoms with Crippen molar-refractivity contribution in [2.24, 2.45) is 46.3 Å². The molecule has 0 nitrogen and oxygen atoms in total. The van der Waals surface area contributed by atoms with Crippen LogP contribution >= 0.6 is 17.0 Å². The molecule has 0 spiro atoms. The Morgan fingerprint density at radius 2 is 0.803 bits per heavy atom. The molecule has 4 aromatic rings. The molecule has 2 atom stereocenters. The van der Waals surface area contributed by atoms with Crippen LogP contribution in [0.2, 0.25) is 52.4 Å². The Morgan fingerprint density at radius 1 is 0.485 bits per heavy atom. The van der Waals surface area contributed by atoms with Crippen LogP contribution in [-0.2, 0) is 15.6 Å². The average Bonchev–Trinajstić information content (AvgIpc) is 3.80. The van der Waals surface area contributed by atoms with Crippen molar-refractivity contribution in [2.45, 2.75) is 150 Å². The second-order valence-electron chi connectivity index (χ2n) is 27.1. The van der Waals surface area contributed by atoms with E-state index in [1.807, 2.05) is 0 Å². The standard InChI is InChI=1S/2C29H35Si.C2H7Si.2ClH.Zr/c2*1-30(2,3)26-9-7-24(8-10-26)27-6-4-5-25-14-23(15-28(25)27)19-29-16-20-11-21(17-29)13-22(12-20)18-29;1-3-2;;;/h2*4-10,14-15,20-22H,11-13,16-19H2,1-3H3;3H,1-2H3;2*1H;/q;;;;;+2/p-2. The molecule has 2 unspecified atom stereocenters. The molecule has 66 heavy (non-hydrogen) atoms. The van der Waals surface area contributed by atoms with Crippen LogP contribution in [0.4, 0.5) is 0 Å². The molecule has 0 N–H and O–H groups in total. The molecule has 0 heterocycles. The van der Waals surface area contributed by atoms with Crippen molar-refractivity contribution in [3.05, 3.63) is 118 Å². The number of allylic oxidation sites excluding steroid dienone is 2. The van der Waals surface area contributed by atoms with E-state index in [-0.39, 0.29) is 7.25 Å². The van der Waals surface area contributed by atoms with Gasteiger partial charge in [-0.25, -0.2) is 0 Å². The number of fused-ring (bicyclic) bond motifs is 2. The van der Waals surface area contributed by atoms with E-state index in [1.165, 1.54) is 145 Å². The number of rotatable bonds is 11. The van der Waals surface area contributed by atoms with Crippen molar-refractivity contribution in [3.63, 3.8) is 0 Å². The SMILES string of the molecule is C[SiH](C)[Zr]([Cl])([Cl])([CH]1C(CC23CC4CC(CC(C4)C2)C3)=Cc2c(-c3ccc([Si](C)(C)C)cc3)cccc21)[CH]1C(CC23CC4CC(CC(C4)C2)C3)=Cc2c(-c3ccc([Si](C)(C)C)cc3)cccc21. The van der Waals surface area contributed by atoms with Gasteiger partial charge in [0.15, 0.2) is 0 Å². The Kier molecular flexibility index (Phi) is 10.9. The second kappa shape index (κ2) is 15.7. The van der Waals surface area contributed by atoms with Crippen LogP contribution in [0.5, 0.6) is 0 Å². The van der Waals surface area contributed by atoms with Crippen molar-refractivity contribution < 1.29 is 15.6 Å². The summed E-state index contributed by atoms with van der Waals surface area (Å²) in [4.78, 5) is 0. The Hall–Kier alpha value is -1.53. The first-order chi connectivity index (χ1) is 31.3. The van der Waals surface area contributed by atoms with Crippen molar-refractivity contribution in [2.75, 3.05) is 0 Å². The fourth-order valence-corrected chi connectivity index (χ4v) is 51.7. The molecular weight excluding hydrogens is 967 g/mol. The van der Waals surface area contributed by atoms with Gasteiger partial charge in [0.1, 0.15) is 0 Å². The van der Waals surface area contributed by atoms with E-state index >= 15 is 0 Å². The molecule has 8 bridgehead atoms. The molecule has 0 saturated heterocycles. The predicted molar refractivity (Wildman–Crippen MR) is 292 cm³/mol. The molecule has 0 aliphatic heterocycles. The maximum absolute atomic E-state index is 9.46. The number of benzene rings is 4. The number of hydrogen-bond donors (Lipinski definition) is 0. The molecule has 8 saturated carbocycles. The predicted octanol–water partition coefficient (Wildman–Crippen LogP) is 16.9. The van der Waals surface area contributed by atoms with Gasteiger partial charge >= 0.3 is 414 Å². The molecule has 0 aromatic heterocycles. The first-order valence-electron chi connectivity index (χ1n) is 26.7. The Morgan fingerprint density at radius 3 is 1.09 bits per heavy atom. The fourth-order valence-electron chi connectivity index (χ4n) is 18.1. The van der Waals surface area contributed by atoms with Crippen molar-refractivity contribution in [1.29, 1.82) is 0 Å². The molecule has 14 rings (SSSR count). The summed E-state index contributed by atoms with van der Waals surface area (Å²) in [6, 6.07) is 34.2. The van der Waals surface area contributed by atoms with E-state index in [2.05, 4.69) is 149 Å². The minimum atomic E-state index is -5.15. The third-order valence-electron chi connectivity index (χ3n) is 20.1. The summed E-state index contributed by atoms with van der Waals surface area (Å²) >= 11 is -5.15. The Bertz CT molecular complexity index is 2410. The van der Waals surface area contributed by atoms with Crippen LogP contribution in [0.3, 0.4) is 0 Å². The van der Waals surface area contributed by atoms with Gasteiger partial charge < -0.3 is 0 Å². The molecule has 10 aliphatic rings. The quantitative estimate of drug-likeness (QED) is 0.131. The van der Waals surface area contributed by atoms with Crippen molar-refractivity contribution in [1.82, 2.24) is 0 Å². The first kappa shape index (κ1) is 45.6.